The Bertz CT molecular complexity index is 1620. The maximum Gasteiger partial charge on any atom is 0.472 e. The fourth-order valence-corrected chi connectivity index (χ4v) is 10.4. The summed E-state index contributed by atoms with van der Waals surface area (Å²) in [6.45, 7) is 13.9. The van der Waals surface area contributed by atoms with Gasteiger partial charge in [-0.2, -0.15) is 0 Å². The number of carbonyl (C=O) groups is 4. The summed E-state index contributed by atoms with van der Waals surface area (Å²) in [6.07, 6.45) is 29.5. The van der Waals surface area contributed by atoms with Crippen LogP contribution < -0.4 is 0 Å². The first-order chi connectivity index (χ1) is 38.2. The molecular formula is C61H118O17P2. The quantitative estimate of drug-likeness (QED) is 0.0222. The van der Waals surface area contributed by atoms with Crippen LogP contribution in [0.1, 0.15) is 287 Å². The second-order valence-corrected chi connectivity index (χ2v) is 26.2. The Balaban J connectivity index is 5.27. The van der Waals surface area contributed by atoms with Gasteiger partial charge in [0.05, 0.1) is 26.4 Å². The van der Waals surface area contributed by atoms with Crippen LogP contribution in [0.4, 0.5) is 0 Å². The molecule has 0 amide bonds. The molecule has 0 aliphatic carbocycles. The molecule has 0 heterocycles. The molecule has 3 N–H and O–H groups in total. The molecule has 6 unspecified atom stereocenters. The lowest BCUT2D eigenvalue weighted by atomic mass is 10.00. The van der Waals surface area contributed by atoms with Crippen molar-refractivity contribution < 1.29 is 80.2 Å². The Morgan fingerprint density at radius 1 is 0.350 bits per heavy atom. The summed E-state index contributed by atoms with van der Waals surface area (Å²) in [5.74, 6) is 0.727. The number of rotatable bonds is 58. The minimum absolute atomic E-state index is 0.101. The number of phosphoric ester groups is 2. The molecule has 0 aromatic heterocycles. The number of aliphatic hydroxyl groups is 1. The minimum Gasteiger partial charge on any atom is -0.462 e. The molecule has 0 bridgehead atoms. The Morgan fingerprint density at radius 3 is 0.887 bits per heavy atom. The van der Waals surface area contributed by atoms with Gasteiger partial charge in [-0.15, -0.1) is 0 Å². The van der Waals surface area contributed by atoms with Crippen LogP contribution in [0, 0.1) is 23.7 Å². The van der Waals surface area contributed by atoms with Gasteiger partial charge in [0.2, 0.25) is 0 Å². The first-order valence-corrected chi connectivity index (χ1v) is 34.8. The van der Waals surface area contributed by atoms with Crippen molar-refractivity contribution in [1.29, 1.82) is 0 Å². The average Bonchev–Trinajstić information content (AvgIpc) is 3.42. The normalized spacial score (nSPS) is 15.6. The molecule has 8 atom stereocenters. The molecule has 0 saturated carbocycles. The van der Waals surface area contributed by atoms with Gasteiger partial charge in [0.25, 0.3) is 0 Å². The van der Waals surface area contributed by atoms with Gasteiger partial charge in [-0.1, -0.05) is 235 Å². The number of esters is 4. The number of carbonyl (C=O) groups excluding carboxylic acids is 4. The highest BCUT2D eigenvalue weighted by Gasteiger charge is 2.30. The van der Waals surface area contributed by atoms with Gasteiger partial charge < -0.3 is 33.8 Å². The van der Waals surface area contributed by atoms with E-state index in [2.05, 4.69) is 55.4 Å². The monoisotopic (exact) mass is 1180 g/mol. The second-order valence-electron chi connectivity index (χ2n) is 23.3. The van der Waals surface area contributed by atoms with Crippen LogP contribution >= 0.6 is 15.6 Å². The topological polar surface area (TPSA) is 237 Å². The first-order valence-electron chi connectivity index (χ1n) is 31.8. The van der Waals surface area contributed by atoms with E-state index in [-0.39, 0.29) is 25.7 Å². The summed E-state index contributed by atoms with van der Waals surface area (Å²) in [5.41, 5.74) is 0. The molecule has 0 aromatic rings. The van der Waals surface area contributed by atoms with Gasteiger partial charge >= 0.3 is 39.5 Å². The lowest BCUT2D eigenvalue weighted by molar-refractivity contribution is -0.161. The number of phosphoric acid groups is 2. The predicted molar refractivity (Wildman–Crippen MR) is 317 cm³/mol. The molecular weight excluding hydrogens is 1070 g/mol. The molecule has 0 aromatic carbocycles. The summed E-state index contributed by atoms with van der Waals surface area (Å²) in [4.78, 5) is 72.0. The van der Waals surface area contributed by atoms with Gasteiger partial charge in [0, 0.05) is 25.7 Å². The highest BCUT2D eigenvalue weighted by molar-refractivity contribution is 7.47. The molecule has 0 radical (unpaired) electrons. The van der Waals surface area contributed by atoms with Gasteiger partial charge in [0.1, 0.15) is 19.3 Å². The summed E-state index contributed by atoms with van der Waals surface area (Å²) in [5, 5.41) is 10.5. The number of unbranched alkanes of at least 4 members (excludes halogenated alkanes) is 21. The Hall–Kier alpha value is -1.94. The number of ether oxygens (including phenoxy) is 4. The summed E-state index contributed by atoms with van der Waals surface area (Å²) in [6, 6.07) is 0. The molecule has 0 fully saturated rings. The van der Waals surface area contributed by atoms with E-state index in [9.17, 15) is 43.2 Å². The SMILES string of the molecule is CCC(C)CCCCCCCCC(=O)OC[C@H](COP(=O)(O)OCC(O)COP(=O)(O)OC[C@@H](COC(=O)CCCCCCCCCC(C)C)OC(=O)CCCCCCCCC(C)CC)OC(=O)CCCCCCCCC(C)CC. The van der Waals surface area contributed by atoms with Crippen molar-refractivity contribution in [3.63, 3.8) is 0 Å². The smallest absolute Gasteiger partial charge is 0.462 e. The second kappa shape index (κ2) is 51.5. The van der Waals surface area contributed by atoms with E-state index in [1.807, 2.05) is 0 Å². The van der Waals surface area contributed by atoms with Crippen LogP contribution in [0.15, 0.2) is 0 Å². The summed E-state index contributed by atoms with van der Waals surface area (Å²) in [7, 11) is -9.88. The molecule has 0 spiro atoms. The van der Waals surface area contributed by atoms with Crippen molar-refractivity contribution in [2.45, 2.75) is 305 Å². The molecule has 19 heteroatoms. The van der Waals surface area contributed by atoms with Crippen molar-refractivity contribution in [2.75, 3.05) is 39.6 Å². The Kier molecular flexibility index (Phi) is 50.2. The molecule has 17 nitrogen and oxygen atoms in total. The molecule has 0 saturated heterocycles. The Morgan fingerprint density at radius 2 is 0.600 bits per heavy atom. The highest BCUT2D eigenvalue weighted by Crippen LogP contribution is 2.45. The number of hydrogen-bond acceptors (Lipinski definition) is 15. The van der Waals surface area contributed by atoms with Gasteiger partial charge in [-0.05, 0) is 49.4 Å². The van der Waals surface area contributed by atoms with E-state index >= 15 is 0 Å². The van der Waals surface area contributed by atoms with Crippen molar-refractivity contribution in [1.82, 2.24) is 0 Å². The molecule has 474 valence electrons. The third-order valence-corrected chi connectivity index (χ3v) is 16.8. The van der Waals surface area contributed by atoms with Crippen molar-refractivity contribution in [3.8, 4) is 0 Å². The first kappa shape index (κ1) is 78.1. The molecule has 80 heavy (non-hydrogen) atoms. The predicted octanol–water partition coefficient (Wildman–Crippen LogP) is 16.2. The lowest BCUT2D eigenvalue weighted by Crippen LogP contribution is -2.30. The van der Waals surface area contributed by atoms with Crippen LogP contribution in [-0.4, -0.2) is 96.7 Å². The van der Waals surface area contributed by atoms with E-state index in [0.29, 0.717) is 31.6 Å². The van der Waals surface area contributed by atoms with Gasteiger partial charge in [-0.25, -0.2) is 9.13 Å². The van der Waals surface area contributed by atoms with E-state index in [4.69, 9.17) is 37.0 Å². The Labute approximate surface area is 486 Å². The minimum atomic E-state index is -4.94. The molecule has 0 aliphatic rings. The van der Waals surface area contributed by atoms with Crippen molar-refractivity contribution in [3.05, 3.63) is 0 Å². The molecule has 0 aliphatic heterocycles. The zero-order valence-electron chi connectivity index (χ0n) is 51.7. The van der Waals surface area contributed by atoms with Crippen molar-refractivity contribution in [2.24, 2.45) is 23.7 Å². The molecule has 0 rings (SSSR count). The number of hydrogen-bond donors (Lipinski definition) is 3. The van der Waals surface area contributed by atoms with Crippen molar-refractivity contribution >= 4 is 39.5 Å². The summed E-state index contributed by atoms with van der Waals surface area (Å²) >= 11 is 0. The third-order valence-electron chi connectivity index (χ3n) is 14.9. The van der Waals surface area contributed by atoms with E-state index in [1.165, 1.54) is 77.0 Å². The third kappa shape index (κ3) is 51.7. The van der Waals surface area contributed by atoms with Crippen LogP contribution in [0.5, 0.6) is 0 Å². The highest BCUT2D eigenvalue weighted by atomic mass is 31.2. The fraction of sp³-hybridized carbons (Fsp3) is 0.934. The zero-order valence-corrected chi connectivity index (χ0v) is 53.5. The zero-order chi connectivity index (χ0) is 59.7. The van der Waals surface area contributed by atoms with Gasteiger partial charge in [-0.3, -0.25) is 37.3 Å². The number of aliphatic hydroxyl groups excluding tert-OH is 1. The standard InChI is InChI=1S/C61H118O17P2/c1-9-52(6)38-30-22-15-18-26-34-42-59(64)72-48-57(78-61(66)44-36-28-20-17-24-32-40-54(8)11-3)50-76-80(69,70)74-46-55(62)45-73-79(67,68)75-49-56(77-60(65)43-35-27-19-16-23-31-39-53(7)10-2)47-71-58(63)41-33-25-14-12-13-21-29-37-51(4)5/h51-57,62H,9-50H2,1-8H3,(H,67,68)(H,69,70)/t52?,53?,54?,55?,56-,57-/m1/s1. The largest absolute Gasteiger partial charge is 0.472 e. The average molecular weight is 1190 g/mol. The summed E-state index contributed by atoms with van der Waals surface area (Å²) < 4.78 is 67.8. The van der Waals surface area contributed by atoms with Crippen LogP contribution in [0.3, 0.4) is 0 Å². The maximum absolute atomic E-state index is 12.9. The van der Waals surface area contributed by atoms with Crippen LogP contribution in [0.2, 0.25) is 0 Å². The fourth-order valence-electron chi connectivity index (χ4n) is 8.80. The van der Waals surface area contributed by atoms with E-state index in [1.54, 1.807) is 0 Å². The maximum atomic E-state index is 12.9. The van der Waals surface area contributed by atoms with E-state index < -0.39 is 97.5 Å². The lowest BCUT2D eigenvalue weighted by Gasteiger charge is -2.21. The van der Waals surface area contributed by atoms with Crippen LogP contribution in [-0.2, 0) is 65.4 Å². The van der Waals surface area contributed by atoms with Gasteiger partial charge in [0.15, 0.2) is 12.2 Å². The van der Waals surface area contributed by atoms with E-state index in [0.717, 1.165) is 120 Å². The van der Waals surface area contributed by atoms with Crippen LogP contribution in [0.25, 0.3) is 0 Å².